The summed E-state index contributed by atoms with van der Waals surface area (Å²) in [5.41, 5.74) is 1.40. The fraction of sp³-hybridized carbons (Fsp3) is 0.267. The number of fused-ring (bicyclic) bond motifs is 1. The van der Waals surface area contributed by atoms with Gasteiger partial charge in [-0.05, 0) is 37.3 Å². The topological polar surface area (TPSA) is 85.4 Å². The normalized spacial score (nSPS) is 12.0. The standard InChI is InChI=1S/C15H16N4O3/c1-10-2-5-14(19-18-10)16-6-7-17-15(20)11-3-4-12-13(8-11)22-9-21-12/h2-5,8H,6-7,9H2,1H3,(H,16,19)(H,17,20). The monoisotopic (exact) mass is 300 g/mol. The van der Waals surface area contributed by atoms with Gasteiger partial charge in [0.25, 0.3) is 5.91 Å². The van der Waals surface area contributed by atoms with Gasteiger partial charge in [0.1, 0.15) is 5.82 Å². The quantitative estimate of drug-likeness (QED) is 0.811. The largest absolute Gasteiger partial charge is 0.454 e. The van der Waals surface area contributed by atoms with E-state index in [4.69, 9.17) is 9.47 Å². The average molecular weight is 300 g/mol. The summed E-state index contributed by atoms with van der Waals surface area (Å²) in [6.07, 6.45) is 0. The Balaban J connectivity index is 1.47. The lowest BCUT2D eigenvalue weighted by Gasteiger charge is -2.07. The summed E-state index contributed by atoms with van der Waals surface area (Å²) >= 11 is 0. The third-order valence-electron chi connectivity index (χ3n) is 3.15. The Labute approximate surface area is 127 Å². The summed E-state index contributed by atoms with van der Waals surface area (Å²) < 4.78 is 10.5. The van der Waals surface area contributed by atoms with Crippen molar-refractivity contribution in [3.05, 3.63) is 41.6 Å². The van der Waals surface area contributed by atoms with Crippen molar-refractivity contribution in [2.75, 3.05) is 25.2 Å². The van der Waals surface area contributed by atoms with Crippen LogP contribution in [-0.2, 0) is 0 Å². The average Bonchev–Trinajstić information content (AvgIpc) is 3.00. The van der Waals surface area contributed by atoms with Crippen molar-refractivity contribution in [1.29, 1.82) is 0 Å². The van der Waals surface area contributed by atoms with Crippen LogP contribution in [0.25, 0.3) is 0 Å². The van der Waals surface area contributed by atoms with E-state index < -0.39 is 0 Å². The molecule has 0 saturated carbocycles. The number of aryl methyl sites for hydroxylation is 1. The lowest BCUT2D eigenvalue weighted by molar-refractivity contribution is 0.0954. The number of amides is 1. The van der Waals surface area contributed by atoms with E-state index in [2.05, 4.69) is 20.8 Å². The number of nitrogens with one attached hydrogen (secondary N) is 2. The maximum absolute atomic E-state index is 12.0. The van der Waals surface area contributed by atoms with Gasteiger partial charge in [-0.1, -0.05) is 0 Å². The highest BCUT2D eigenvalue weighted by atomic mass is 16.7. The molecule has 2 heterocycles. The van der Waals surface area contributed by atoms with E-state index >= 15 is 0 Å². The van der Waals surface area contributed by atoms with Crippen molar-refractivity contribution >= 4 is 11.7 Å². The number of hydrogen-bond acceptors (Lipinski definition) is 6. The van der Waals surface area contributed by atoms with Crippen molar-refractivity contribution in [3.63, 3.8) is 0 Å². The summed E-state index contributed by atoms with van der Waals surface area (Å²) in [5.74, 6) is 1.79. The fourth-order valence-electron chi connectivity index (χ4n) is 2.00. The minimum Gasteiger partial charge on any atom is -0.454 e. The second-order valence-corrected chi connectivity index (χ2v) is 4.81. The molecule has 1 aliphatic heterocycles. The number of carbonyl (C=O) groups excluding carboxylic acids is 1. The lowest BCUT2D eigenvalue weighted by Crippen LogP contribution is -2.28. The molecule has 0 aliphatic carbocycles. The number of benzene rings is 1. The van der Waals surface area contributed by atoms with E-state index in [1.165, 1.54) is 0 Å². The predicted molar refractivity (Wildman–Crippen MR) is 80.2 cm³/mol. The van der Waals surface area contributed by atoms with Crippen LogP contribution in [0.2, 0.25) is 0 Å². The summed E-state index contributed by atoms with van der Waals surface area (Å²) in [6.45, 7) is 3.11. The van der Waals surface area contributed by atoms with Gasteiger partial charge < -0.3 is 20.1 Å². The first-order chi connectivity index (χ1) is 10.7. The lowest BCUT2D eigenvalue weighted by atomic mass is 10.2. The zero-order valence-corrected chi connectivity index (χ0v) is 12.1. The molecule has 0 unspecified atom stereocenters. The first-order valence-corrected chi connectivity index (χ1v) is 6.94. The van der Waals surface area contributed by atoms with Crippen LogP contribution in [0.3, 0.4) is 0 Å². The smallest absolute Gasteiger partial charge is 0.251 e. The van der Waals surface area contributed by atoms with Gasteiger partial charge in [-0.15, -0.1) is 5.10 Å². The van der Waals surface area contributed by atoms with Crippen molar-refractivity contribution in [2.24, 2.45) is 0 Å². The minimum absolute atomic E-state index is 0.157. The van der Waals surface area contributed by atoms with Crippen LogP contribution in [0.4, 0.5) is 5.82 Å². The highest BCUT2D eigenvalue weighted by Crippen LogP contribution is 2.32. The number of anilines is 1. The summed E-state index contributed by atoms with van der Waals surface area (Å²) in [6, 6.07) is 8.85. The molecular formula is C15H16N4O3. The van der Waals surface area contributed by atoms with Gasteiger partial charge in [-0.3, -0.25) is 4.79 Å². The number of ether oxygens (including phenoxy) is 2. The molecule has 0 spiro atoms. The third kappa shape index (κ3) is 3.25. The molecule has 1 amide bonds. The molecule has 2 N–H and O–H groups in total. The first kappa shape index (κ1) is 14.1. The second-order valence-electron chi connectivity index (χ2n) is 4.81. The molecule has 0 radical (unpaired) electrons. The molecule has 0 bridgehead atoms. The number of nitrogens with zero attached hydrogens (tertiary/aromatic N) is 2. The van der Waals surface area contributed by atoms with Crippen molar-refractivity contribution in [1.82, 2.24) is 15.5 Å². The van der Waals surface area contributed by atoms with Crippen LogP contribution < -0.4 is 20.1 Å². The van der Waals surface area contributed by atoms with E-state index in [1.807, 2.05) is 19.1 Å². The zero-order chi connectivity index (χ0) is 15.4. The molecule has 0 fully saturated rings. The van der Waals surface area contributed by atoms with Gasteiger partial charge in [-0.2, -0.15) is 5.10 Å². The van der Waals surface area contributed by atoms with Crippen LogP contribution in [0.5, 0.6) is 11.5 Å². The van der Waals surface area contributed by atoms with E-state index in [0.29, 0.717) is 36.0 Å². The zero-order valence-electron chi connectivity index (χ0n) is 12.1. The van der Waals surface area contributed by atoms with Crippen LogP contribution in [0.1, 0.15) is 16.1 Å². The summed E-state index contributed by atoms with van der Waals surface area (Å²) in [4.78, 5) is 12.0. The number of aromatic nitrogens is 2. The summed E-state index contributed by atoms with van der Waals surface area (Å²) in [7, 11) is 0. The van der Waals surface area contributed by atoms with E-state index in [1.54, 1.807) is 18.2 Å². The Morgan fingerprint density at radius 2 is 2.00 bits per heavy atom. The minimum atomic E-state index is -0.157. The van der Waals surface area contributed by atoms with Gasteiger partial charge in [0.15, 0.2) is 11.5 Å². The van der Waals surface area contributed by atoms with Gasteiger partial charge >= 0.3 is 0 Å². The van der Waals surface area contributed by atoms with E-state index in [0.717, 1.165) is 5.69 Å². The summed E-state index contributed by atoms with van der Waals surface area (Å²) in [5, 5.41) is 13.8. The Kier molecular flexibility index (Phi) is 4.04. The van der Waals surface area contributed by atoms with Crippen LogP contribution in [0, 0.1) is 6.92 Å². The van der Waals surface area contributed by atoms with Crippen molar-refractivity contribution < 1.29 is 14.3 Å². The molecule has 7 nitrogen and oxygen atoms in total. The van der Waals surface area contributed by atoms with Gasteiger partial charge in [-0.25, -0.2) is 0 Å². The van der Waals surface area contributed by atoms with E-state index in [-0.39, 0.29) is 12.7 Å². The van der Waals surface area contributed by atoms with E-state index in [9.17, 15) is 4.79 Å². The van der Waals surface area contributed by atoms with Crippen LogP contribution in [0.15, 0.2) is 30.3 Å². The van der Waals surface area contributed by atoms with Gasteiger partial charge in [0, 0.05) is 18.7 Å². The van der Waals surface area contributed by atoms with Gasteiger partial charge in [0.2, 0.25) is 6.79 Å². The molecule has 1 aliphatic rings. The molecule has 3 rings (SSSR count). The SMILES string of the molecule is Cc1ccc(NCCNC(=O)c2ccc3c(c2)OCO3)nn1. The van der Waals surface area contributed by atoms with Crippen molar-refractivity contribution in [2.45, 2.75) is 6.92 Å². The van der Waals surface area contributed by atoms with Crippen molar-refractivity contribution in [3.8, 4) is 11.5 Å². The maximum atomic E-state index is 12.0. The molecule has 0 atom stereocenters. The molecule has 1 aromatic carbocycles. The molecular weight excluding hydrogens is 284 g/mol. The Bertz CT molecular complexity index is 673. The number of hydrogen-bond donors (Lipinski definition) is 2. The molecule has 0 saturated heterocycles. The molecule has 114 valence electrons. The first-order valence-electron chi connectivity index (χ1n) is 6.94. The number of carbonyl (C=O) groups is 1. The highest BCUT2D eigenvalue weighted by molar-refractivity contribution is 5.94. The molecule has 2 aromatic rings. The fourth-order valence-corrected chi connectivity index (χ4v) is 2.00. The highest BCUT2D eigenvalue weighted by Gasteiger charge is 2.15. The second kappa shape index (κ2) is 6.30. The number of rotatable bonds is 5. The molecule has 1 aromatic heterocycles. The maximum Gasteiger partial charge on any atom is 0.251 e. The molecule has 22 heavy (non-hydrogen) atoms. The Morgan fingerprint density at radius 1 is 1.14 bits per heavy atom. The van der Waals surface area contributed by atoms with Gasteiger partial charge in [0.05, 0.1) is 5.69 Å². The van der Waals surface area contributed by atoms with Crippen LogP contribution >= 0.6 is 0 Å². The molecule has 7 heteroatoms. The predicted octanol–water partition coefficient (Wildman–Crippen LogP) is 1.36. The Hall–Kier alpha value is -2.83. The third-order valence-corrected chi connectivity index (χ3v) is 3.15. The van der Waals surface area contributed by atoms with Crippen LogP contribution in [-0.4, -0.2) is 36.0 Å². The Morgan fingerprint density at radius 3 is 2.82 bits per heavy atom.